The standard InChI is InChI=1S/C12H23N3O3/c1-10(16)14-11(12(17)18-2)9-13-5-8-15-6-3-4-7-15/h11,13H,3-9H2,1-2H3,(H,14,16). The van der Waals surface area contributed by atoms with Gasteiger partial charge in [0.2, 0.25) is 5.91 Å². The van der Waals surface area contributed by atoms with Crippen molar-refractivity contribution in [3.63, 3.8) is 0 Å². The highest BCUT2D eigenvalue weighted by Gasteiger charge is 2.19. The third-order valence-electron chi connectivity index (χ3n) is 3.02. The van der Waals surface area contributed by atoms with Crippen LogP contribution >= 0.6 is 0 Å². The van der Waals surface area contributed by atoms with Gasteiger partial charge in [-0.2, -0.15) is 0 Å². The van der Waals surface area contributed by atoms with Crippen molar-refractivity contribution in [2.24, 2.45) is 0 Å². The van der Waals surface area contributed by atoms with Crippen LogP contribution in [0.25, 0.3) is 0 Å². The van der Waals surface area contributed by atoms with Crippen molar-refractivity contribution in [3.8, 4) is 0 Å². The Bertz CT molecular complexity index is 278. The zero-order valence-electron chi connectivity index (χ0n) is 11.2. The van der Waals surface area contributed by atoms with Gasteiger partial charge in [-0.05, 0) is 25.9 Å². The molecule has 6 heteroatoms. The largest absolute Gasteiger partial charge is 0.467 e. The molecule has 1 atom stereocenters. The zero-order chi connectivity index (χ0) is 13.4. The molecular weight excluding hydrogens is 234 g/mol. The molecule has 1 unspecified atom stereocenters. The molecule has 104 valence electrons. The van der Waals surface area contributed by atoms with Crippen LogP contribution in [0.1, 0.15) is 19.8 Å². The summed E-state index contributed by atoms with van der Waals surface area (Å²) in [4.78, 5) is 24.8. The maximum Gasteiger partial charge on any atom is 0.329 e. The number of nitrogens with zero attached hydrogens (tertiary/aromatic N) is 1. The number of amides is 1. The monoisotopic (exact) mass is 257 g/mol. The Morgan fingerprint density at radius 2 is 2.00 bits per heavy atom. The highest BCUT2D eigenvalue weighted by atomic mass is 16.5. The van der Waals surface area contributed by atoms with Gasteiger partial charge in [-0.1, -0.05) is 0 Å². The zero-order valence-corrected chi connectivity index (χ0v) is 11.2. The summed E-state index contributed by atoms with van der Waals surface area (Å²) >= 11 is 0. The molecule has 0 aromatic heterocycles. The Hall–Kier alpha value is -1.14. The van der Waals surface area contributed by atoms with Crippen LogP contribution in [0, 0.1) is 0 Å². The predicted octanol–water partition coefficient (Wildman–Crippen LogP) is -0.650. The quantitative estimate of drug-likeness (QED) is 0.468. The van der Waals surface area contributed by atoms with Gasteiger partial charge in [0.1, 0.15) is 6.04 Å². The molecule has 0 saturated carbocycles. The highest BCUT2D eigenvalue weighted by Crippen LogP contribution is 2.05. The van der Waals surface area contributed by atoms with Gasteiger partial charge in [0.05, 0.1) is 7.11 Å². The molecule has 1 heterocycles. The summed E-state index contributed by atoms with van der Waals surface area (Å²) < 4.78 is 4.64. The second-order valence-electron chi connectivity index (χ2n) is 4.53. The van der Waals surface area contributed by atoms with E-state index >= 15 is 0 Å². The van der Waals surface area contributed by atoms with Crippen LogP contribution < -0.4 is 10.6 Å². The van der Waals surface area contributed by atoms with Crippen LogP contribution in [0.4, 0.5) is 0 Å². The minimum Gasteiger partial charge on any atom is -0.467 e. The van der Waals surface area contributed by atoms with Gasteiger partial charge in [-0.15, -0.1) is 0 Å². The Labute approximate surface area is 108 Å². The third-order valence-corrected chi connectivity index (χ3v) is 3.02. The molecule has 0 aromatic rings. The lowest BCUT2D eigenvalue weighted by Gasteiger charge is -2.18. The first kappa shape index (κ1) is 14.9. The second kappa shape index (κ2) is 8.05. The van der Waals surface area contributed by atoms with Crippen molar-refractivity contribution in [2.45, 2.75) is 25.8 Å². The van der Waals surface area contributed by atoms with Crippen LogP contribution in [0.2, 0.25) is 0 Å². The summed E-state index contributed by atoms with van der Waals surface area (Å²) in [6.07, 6.45) is 2.55. The van der Waals surface area contributed by atoms with Crippen molar-refractivity contribution >= 4 is 11.9 Å². The van der Waals surface area contributed by atoms with E-state index in [1.165, 1.54) is 26.9 Å². The summed E-state index contributed by atoms with van der Waals surface area (Å²) in [5.74, 6) is -0.648. The number of ether oxygens (including phenoxy) is 1. The van der Waals surface area contributed by atoms with Crippen LogP contribution in [-0.2, 0) is 14.3 Å². The third kappa shape index (κ3) is 5.46. The summed E-state index contributed by atoms with van der Waals surface area (Å²) in [6.45, 7) is 5.91. The minimum absolute atomic E-state index is 0.230. The molecule has 1 aliphatic heterocycles. The SMILES string of the molecule is COC(=O)C(CNCCN1CCCC1)NC(C)=O. The lowest BCUT2D eigenvalue weighted by molar-refractivity contribution is -0.144. The molecule has 18 heavy (non-hydrogen) atoms. The van der Waals surface area contributed by atoms with Crippen molar-refractivity contribution < 1.29 is 14.3 Å². The van der Waals surface area contributed by atoms with E-state index in [1.807, 2.05) is 0 Å². The molecule has 0 aromatic carbocycles. The fourth-order valence-corrected chi connectivity index (χ4v) is 2.07. The van der Waals surface area contributed by atoms with Gasteiger partial charge in [0.15, 0.2) is 0 Å². The van der Waals surface area contributed by atoms with E-state index < -0.39 is 12.0 Å². The smallest absolute Gasteiger partial charge is 0.329 e. The van der Waals surface area contributed by atoms with Crippen molar-refractivity contribution in [1.29, 1.82) is 0 Å². The molecule has 6 nitrogen and oxygen atoms in total. The number of likely N-dealkylation sites (tertiary alicyclic amines) is 1. The van der Waals surface area contributed by atoms with Gasteiger partial charge in [0, 0.05) is 26.6 Å². The number of nitrogens with one attached hydrogen (secondary N) is 2. The lowest BCUT2D eigenvalue weighted by atomic mass is 10.3. The first-order valence-electron chi connectivity index (χ1n) is 6.41. The molecule has 1 saturated heterocycles. The Kier molecular flexibility index (Phi) is 6.67. The summed E-state index contributed by atoms with van der Waals surface area (Å²) in [5, 5.41) is 5.75. The van der Waals surface area contributed by atoms with E-state index in [0.717, 1.165) is 26.2 Å². The number of methoxy groups -OCH3 is 1. The van der Waals surface area contributed by atoms with Gasteiger partial charge in [0.25, 0.3) is 0 Å². The number of rotatable bonds is 7. The first-order chi connectivity index (χ1) is 8.63. The van der Waals surface area contributed by atoms with Gasteiger partial charge >= 0.3 is 5.97 Å². The van der Waals surface area contributed by atoms with Gasteiger partial charge < -0.3 is 20.3 Å². The van der Waals surface area contributed by atoms with Crippen LogP contribution in [0.15, 0.2) is 0 Å². The summed E-state index contributed by atoms with van der Waals surface area (Å²) in [7, 11) is 1.32. The fourth-order valence-electron chi connectivity index (χ4n) is 2.07. The van der Waals surface area contributed by atoms with Crippen molar-refractivity contribution in [1.82, 2.24) is 15.5 Å². The molecule has 0 radical (unpaired) electrons. The number of esters is 1. The molecule has 0 aliphatic carbocycles. The number of carbonyl (C=O) groups is 2. The number of hydrogen-bond donors (Lipinski definition) is 2. The van der Waals surface area contributed by atoms with E-state index in [9.17, 15) is 9.59 Å². The molecule has 0 spiro atoms. The Balaban J connectivity index is 2.19. The fraction of sp³-hybridized carbons (Fsp3) is 0.833. The average molecular weight is 257 g/mol. The maximum absolute atomic E-state index is 11.4. The molecular formula is C12H23N3O3. The molecule has 2 N–H and O–H groups in total. The molecule has 0 bridgehead atoms. The van der Waals surface area contributed by atoms with Gasteiger partial charge in [-0.25, -0.2) is 4.79 Å². The van der Waals surface area contributed by atoms with Crippen LogP contribution in [-0.4, -0.2) is 62.7 Å². The van der Waals surface area contributed by atoms with E-state index in [4.69, 9.17) is 0 Å². The highest BCUT2D eigenvalue weighted by molar-refractivity contribution is 5.83. The molecule has 1 rings (SSSR count). The van der Waals surface area contributed by atoms with E-state index in [0.29, 0.717) is 6.54 Å². The Morgan fingerprint density at radius 1 is 1.33 bits per heavy atom. The van der Waals surface area contributed by atoms with Gasteiger partial charge in [-0.3, -0.25) is 4.79 Å². The van der Waals surface area contributed by atoms with Crippen LogP contribution in [0.3, 0.4) is 0 Å². The lowest BCUT2D eigenvalue weighted by Crippen LogP contribution is -2.48. The predicted molar refractivity (Wildman–Crippen MR) is 68.2 cm³/mol. The maximum atomic E-state index is 11.4. The summed E-state index contributed by atoms with van der Waals surface area (Å²) in [5.41, 5.74) is 0. The van der Waals surface area contributed by atoms with E-state index in [1.54, 1.807) is 0 Å². The minimum atomic E-state index is -0.605. The van der Waals surface area contributed by atoms with Crippen LogP contribution in [0.5, 0.6) is 0 Å². The Morgan fingerprint density at radius 3 is 2.56 bits per heavy atom. The molecule has 1 aliphatic rings. The van der Waals surface area contributed by atoms with Crippen molar-refractivity contribution in [3.05, 3.63) is 0 Å². The molecule has 1 amide bonds. The topological polar surface area (TPSA) is 70.7 Å². The normalized spacial score (nSPS) is 17.4. The second-order valence-corrected chi connectivity index (χ2v) is 4.53. The van der Waals surface area contributed by atoms with E-state index in [2.05, 4.69) is 20.3 Å². The summed E-state index contributed by atoms with van der Waals surface area (Å²) in [6, 6.07) is -0.605. The van der Waals surface area contributed by atoms with E-state index in [-0.39, 0.29) is 5.91 Å². The van der Waals surface area contributed by atoms with Crippen molar-refractivity contribution in [2.75, 3.05) is 39.8 Å². The molecule has 1 fully saturated rings. The number of hydrogen-bond acceptors (Lipinski definition) is 5. The average Bonchev–Trinajstić information content (AvgIpc) is 2.84. The first-order valence-corrected chi connectivity index (χ1v) is 6.41. The number of carbonyl (C=O) groups excluding carboxylic acids is 2.